The van der Waals surface area contributed by atoms with Crippen molar-refractivity contribution < 1.29 is 22.7 Å². The Hall–Kier alpha value is -0.770. The van der Waals surface area contributed by atoms with Crippen molar-refractivity contribution in [2.24, 2.45) is 0 Å². The lowest BCUT2D eigenvalue weighted by Gasteiger charge is -2.09. The van der Waals surface area contributed by atoms with E-state index in [9.17, 15) is 22.8 Å². The van der Waals surface area contributed by atoms with Gasteiger partial charge in [0.25, 0.3) is 5.24 Å². The molecule has 16 heavy (non-hydrogen) atoms. The first kappa shape index (κ1) is 13.3. The summed E-state index contributed by atoms with van der Waals surface area (Å²) in [6, 6.07) is 0. The van der Waals surface area contributed by atoms with Crippen LogP contribution in [0.15, 0.2) is 11.0 Å². The van der Waals surface area contributed by atoms with Crippen LogP contribution < -0.4 is 10.2 Å². The van der Waals surface area contributed by atoms with Gasteiger partial charge in [-0.1, -0.05) is 0 Å². The van der Waals surface area contributed by atoms with Crippen LogP contribution in [0.4, 0.5) is 13.2 Å². The van der Waals surface area contributed by atoms with Gasteiger partial charge in [-0.05, 0) is 34.2 Å². The van der Waals surface area contributed by atoms with Crippen LogP contribution in [0.25, 0.3) is 0 Å². The molecule has 0 aliphatic carbocycles. The monoisotopic (exact) mass is 367 g/mol. The zero-order valence-corrected chi connectivity index (χ0v) is 10.1. The van der Waals surface area contributed by atoms with Crippen molar-refractivity contribution in [2.45, 2.75) is 6.36 Å². The molecule has 4 nitrogen and oxygen atoms in total. The molecule has 1 aromatic heterocycles. The average molecular weight is 367 g/mol. The van der Waals surface area contributed by atoms with E-state index >= 15 is 0 Å². The number of rotatable bonds is 2. The standard InChI is InChI=1S/C7H2ClF3INO3/c8-5(15)2-1-13-6(3(12)4(2)14)16-7(9,10)11/h1H,(H,13,14). The Bertz CT molecular complexity index is 485. The summed E-state index contributed by atoms with van der Waals surface area (Å²) in [5.74, 6) is -0.778. The summed E-state index contributed by atoms with van der Waals surface area (Å²) < 4.78 is 38.7. The number of carbonyl (C=O) groups is 1. The van der Waals surface area contributed by atoms with Crippen LogP contribution in [0.2, 0.25) is 0 Å². The highest BCUT2D eigenvalue weighted by Gasteiger charge is 2.33. The molecule has 0 fully saturated rings. The Morgan fingerprint density at radius 2 is 2.06 bits per heavy atom. The van der Waals surface area contributed by atoms with Crippen molar-refractivity contribution in [2.75, 3.05) is 0 Å². The van der Waals surface area contributed by atoms with Gasteiger partial charge in [0.2, 0.25) is 11.3 Å². The second kappa shape index (κ2) is 4.62. The van der Waals surface area contributed by atoms with Crippen molar-refractivity contribution in [1.82, 2.24) is 4.98 Å². The number of pyridine rings is 1. The molecule has 0 atom stereocenters. The van der Waals surface area contributed by atoms with Gasteiger partial charge in [0.1, 0.15) is 3.57 Å². The highest BCUT2D eigenvalue weighted by atomic mass is 127. The Kier molecular flexibility index (Phi) is 3.84. The first-order chi connectivity index (χ1) is 7.22. The molecule has 0 radical (unpaired) electrons. The Morgan fingerprint density at radius 1 is 1.50 bits per heavy atom. The van der Waals surface area contributed by atoms with Crippen LogP contribution in [0.5, 0.6) is 5.88 Å². The molecule has 1 aromatic rings. The van der Waals surface area contributed by atoms with E-state index in [1.165, 1.54) is 22.6 Å². The minimum Gasteiger partial charge on any atom is -0.389 e. The zero-order valence-electron chi connectivity index (χ0n) is 7.19. The van der Waals surface area contributed by atoms with E-state index in [2.05, 4.69) is 4.74 Å². The number of hydrogen-bond donors (Lipinski definition) is 1. The van der Waals surface area contributed by atoms with Gasteiger partial charge in [-0.15, -0.1) is 13.2 Å². The lowest BCUT2D eigenvalue weighted by Crippen LogP contribution is -2.23. The molecule has 0 amide bonds. The minimum atomic E-state index is -4.92. The summed E-state index contributed by atoms with van der Waals surface area (Å²) in [6.07, 6.45) is -4.16. The smallest absolute Gasteiger partial charge is 0.389 e. The summed E-state index contributed by atoms with van der Waals surface area (Å²) in [6.45, 7) is 0. The molecule has 1 rings (SSSR count). The molecule has 0 saturated carbocycles. The van der Waals surface area contributed by atoms with Crippen LogP contribution >= 0.6 is 34.2 Å². The highest BCUT2D eigenvalue weighted by Crippen LogP contribution is 2.23. The molecule has 1 N–H and O–H groups in total. The van der Waals surface area contributed by atoms with Crippen molar-refractivity contribution in [3.05, 3.63) is 25.6 Å². The SMILES string of the molecule is O=C(Cl)c1c[nH]c(OC(F)(F)F)c(I)c1=O. The molecular weight excluding hydrogens is 365 g/mol. The van der Waals surface area contributed by atoms with Crippen LogP contribution in [-0.4, -0.2) is 16.6 Å². The summed E-state index contributed by atoms with van der Waals surface area (Å²) >= 11 is 6.36. The van der Waals surface area contributed by atoms with Crippen molar-refractivity contribution >= 4 is 39.4 Å². The molecule has 1 heterocycles. The van der Waals surface area contributed by atoms with Crippen LogP contribution in [-0.2, 0) is 0 Å². The number of aromatic amines is 1. The fourth-order valence-corrected chi connectivity index (χ4v) is 1.52. The van der Waals surface area contributed by atoms with E-state index in [-0.39, 0.29) is 0 Å². The molecule has 0 aliphatic rings. The van der Waals surface area contributed by atoms with Gasteiger partial charge >= 0.3 is 6.36 Å². The quantitative estimate of drug-likeness (QED) is 0.644. The predicted octanol–water partition coefficient (Wildman–Crippen LogP) is 2.26. The van der Waals surface area contributed by atoms with Crippen molar-refractivity contribution in [3.63, 3.8) is 0 Å². The second-order valence-corrected chi connectivity index (χ2v) is 3.92. The van der Waals surface area contributed by atoms with Gasteiger partial charge in [0, 0.05) is 6.20 Å². The van der Waals surface area contributed by atoms with Crippen molar-refractivity contribution in [3.8, 4) is 5.88 Å². The third kappa shape index (κ3) is 3.11. The van der Waals surface area contributed by atoms with Crippen molar-refractivity contribution in [1.29, 1.82) is 0 Å². The van der Waals surface area contributed by atoms with Crippen LogP contribution in [0, 0.1) is 3.57 Å². The lowest BCUT2D eigenvalue weighted by molar-refractivity contribution is -0.276. The number of ether oxygens (including phenoxy) is 1. The van der Waals surface area contributed by atoms with Crippen LogP contribution in [0.3, 0.4) is 0 Å². The van der Waals surface area contributed by atoms with E-state index in [0.29, 0.717) is 0 Å². The summed E-state index contributed by atoms with van der Waals surface area (Å²) in [5.41, 5.74) is -1.36. The van der Waals surface area contributed by atoms with Gasteiger partial charge in [-0.25, -0.2) is 0 Å². The van der Waals surface area contributed by atoms with E-state index in [1.807, 2.05) is 4.98 Å². The number of aromatic nitrogens is 1. The summed E-state index contributed by atoms with van der Waals surface area (Å²) in [5, 5.41) is -1.06. The fourth-order valence-electron chi connectivity index (χ4n) is 0.824. The molecule has 0 spiro atoms. The van der Waals surface area contributed by atoms with E-state index in [4.69, 9.17) is 11.6 Å². The number of nitrogens with one attached hydrogen (secondary N) is 1. The topological polar surface area (TPSA) is 59.2 Å². The molecule has 9 heteroatoms. The maximum Gasteiger partial charge on any atom is 0.574 e. The molecular formula is C7H2ClF3INO3. The normalized spacial score (nSPS) is 11.3. The van der Waals surface area contributed by atoms with Crippen LogP contribution in [0.1, 0.15) is 10.4 Å². The number of H-pyrrole nitrogens is 1. The first-order valence-corrected chi connectivity index (χ1v) is 5.05. The first-order valence-electron chi connectivity index (χ1n) is 3.59. The number of hydrogen-bond acceptors (Lipinski definition) is 3. The molecule has 0 aliphatic heterocycles. The maximum absolute atomic E-state index is 11.9. The average Bonchev–Trinajstić information content (AvgIpc) is 2.10. The summed E-state index contributed by atoms with van der Waals surface area (Å²) in [7, 11) is 0. The predicted molar refractivity (Wildman–Crippen MR) is 56.6 cm³/mol. The molecule has 0 unspecified atom stereocenters. The molecule has 0 bridgehead atoms. The molecule has 0 aromatic carbocycles. The highest BCUT2D eigenvalue weighted by molar-refractivity contribution is 14.1. The largest absolute Gasteiger partial charge is 0.574 e. The maximum atomic E-state index is 11.9. The second-order valence-electron chi connectivity index (χ2n) is 2.50. The van der Waals surface area contributed by atoms with Gasteiger partial charge in [0.05, 0.1) is 5.56 Å². The van der Waals surface area contributed by atoms with Gasteiger partial charge < -0.3 is 9.72 Å². The Labute approximate surface area is 105 Å². The number of halogens is 5. The zero-order chi connectivity index (χ0) is 12.5. The number of alkyl halides is 3. The minimum absolute atomic E-state index is 0.401. The van der Waals surface area contributed by atoms with Gasteiger partial charge in [-0.3, -0.25) is 9.59 Å². The van der Waals surface area contributed by atoms with E-state index in [0.717, 1.165) is 6.20 Å². The summed E-state index contributed by atoms with van der Waals surface area (Å²) in [4.78, 5) is 24.1. The third-order valence-corrected chi connectivity index (χ3v) is 2.60. The van der Waals surface area contributed by atoms with Gasteiger partial charge in [-0.2, -0.15) is 0 Å². The van der Waals surface area contributed by atoms with Gasteiger partial charge in [0.15, 0.2) is 0 Å². The fraction of sp³-hybridized carbons (Fsp3) is 0.143. The van der Waals surface area contributed by atoms with E-state index < -0.39 is 32.0 Å². The lowest BCUT2D eigenvalue weighted by atomic mass is 10.3. The number of carbonyl (C=O) groups excluding carboxylic acids is 1. The Morgan fingerprint density at radius 3 is 2.50 bits per heavy atom. The Balaban J connectivity index is 3.23. The molecule has 0 saturated heterocycles. The third-order valence-electron chi connectivity index (χ3n) is 1.42. The molecule has 88 valence electrons. The van der Waals surface area contributed by atoms with E-state index in [1.54, 1.807) is 0 Å².